The number of phenols is 1. The van der Waals surface area contributed by atoms with Gasteiger partial charge in [0.2, 0.25) is 0 Å². The van der Waals surface area contributed by atoms with Crippen LogP contribution in [0.4, 0.5) is 5.69 Å². The minimum absolute atomic E-state index is 0. The van der Waals surface area contributed by atoms with E-state index in [9.17, 15) is 5.11 Å². The number of aromatic hydroxyl groups is 1. The zero-order valence-corrected chi connectivity index (χ0v) is 18.5. The van der Waals surface area contributed by atoms with Crippen molar-refractivity contribution in [1.29, 1.82) is 0 Å². The van der Waals surface area contributed by atoms with Crippen molar-refractivity contribution in [3.8, 4) is 5.75 Å². The molecule has 0 bridgehead atoms. The smallest absolute Gasteiger partial charge is 0.193 e. The lowest BCUT2D eigenvalue weighted by Gasteiger charge is -2.38. The summed E-state index contributed by atoms with van der Waals surface area (Å²) in [5.74, 6) is 2.13. The fourth-order valence-electron chi connectivity index (χ4n) is 4.26. The summed E-state index contributed by atoms with van der Waals surface area (Å²) in [6.45, 7) is 7.19. The van der Waals surface area contributed by atoms with E-state index in [1.54, 1.807) is 6.07 Å². The molecule has 2 N–H and O–H groups in total. The lowest BCUT2D eigenvalue weighted by Crippen LogP contribution is -2.53. The van der Waals surface area contributed by atoms with Gasteiger partial charge in [-0.15, -0.1) is 24.0 Å². The molecule has 1 aromatic carbocycles. The van der Waals surface area contributed by atoms with E-state index in [4.69, 9.17) is 0 Å². The predicted octanol–water partition coefficient (Wildman–Crippen LogP) is 2.19. The topological polar surface area (TPSA) is 54.3 Å². The second kappa shape index (κ2) is 9.32. The zero-order valence-electron chi connectivity index (χ0n) is 16.2. The van der Waals surface area contributed by atoms with Crippen LogP contribution < -0.4 is 10.2 Å². The molecule has 4 rings (SSSR count). The molecular formula is C20H32IN5O. The van der Waals surface area contributed by atoms with Gasteiger partial charge in [0.15, 0.2) is 5.96 Å². The first-order valence-corrected chi connectivity index (χ1v) is 9.97. The van der Waals surface area contributed by atoms with Crippen LogP contribution in [0.1, 0.15) is 19.3 Å². The van der Waals surface area contributed by atoms with Crippen molar-refractivity contribution in [2.45, 2.75) is 25.3 Å². The molecule has 1 aliphatic carbocycles. The van der Waals surface area contributed by atoms with Crippen LogP contribution in [-0.2, 0) is 0 Å². The van der Waals surface area contributed by atoms with Gasteiger partial charge in [0.1, 0.15) is 5.75 Å². The Balaban J connectivity index is 0.00000210. The number of nitrogens with zero attached hydrogens (tertiary/aromatic N) is 4. The normalized spacial score (nSPS) is 24.0. The minimum atomic E-state index is 0. The quantitative estimate of drug-likeness (QED) is 0.389. The van der Waals surface area contributed by atoms with Crippen LogP contribution in [0.2, 0.25) is 0 Å². The first kappa shape index (κ1) is 20.5. The summed E-state index contributed by atoms with van der Waals surface area (Å²) < 4.78 is 0. The summed E-state index contributed by atoms with van der Waals surface area (Å²) in [7, 11) is 1.88. The van der Waals surface area contributed by atoms with E-state index in [0.29, 0.717) is 5.75 Å². The van der Waals surface area contributed by atoms with Gasteiger partial charge in [0.05, 0.1) is 5.69 Å². The van der Waals surface area contributed by atoms with Gasteiger partial charge in [-0.3, -0.25) is 4.99 Å². The Labute approximate surface area is 179 Å². The molecule has 150 valence electrons. The van der Waals surface area contributed by atoms with Gasteiger partial charge in [-0.25, -0.2) is 0 Å². The number of phenolic OH excluding ortho intramolecular Hbond substituents is 1. The van der Waals surface area contributed by atoms with Gasteiger partial charge in [0, 0.05) is 52.4 Å². The molecule has 1 atom stereocenters. The van der Waals surface area contributed by atoms with Crippen molar-refractivity contribution in [2.75, 3.05) is 57.8 Å². The SMILES string of the molecule is CN=C(NCC1CCN(C2CC2)C1)N1CCN(c2ccccc2O)CC1.I. The highest BCUT2D eigenvalue weighted by Crippen LogP contribution is 2.31. The van der Waals surface area contributed by atoms with E-state index in [1.807, 2.05) is 25.2 Å². The Kier molecular flexibility index (Phi) is 7.08. The molecule has 2 saturated heterocycles. The van der Waals surface area contributed by atoms with Gasteiger partial charge in [-0.05, 0) is 43.9 Å². The van der Waals surface area contributed by atoms with Gasteiger partial charge >= 0.3 is 0 Å². The Morgan fingerprint density at radius 2 is 1.85 bits per heavy atom. The van der Waals surface area contributed by atoms with Gasteiger partial charge in [-0.2, -0.15) is 0 Å². The molecule has 7 heteroatoms. The third kappa shape index (κ3) is 4.99. The van der Waals surface area contributed by atoms with Crippen LogP contribution in [0.15, 0.2) is 29.3 Å². The van der Waals surface area contributed by atoms with Crippen molar-refractivity contribution in [3.63, 3.8) is 0 Å². The predicted molar refractivity (Wildman–Crippen MR) is 121 cm³/mol. The third-order valence-corrected chi connectivity index (χ3v) is 5.94. The van der Waals surface area contributed by atoms with Crippen LogP contribution in [0, 0.1) is 5.92 Å². The van der Waals surface area contributed by atoms with Crippen LogP contribution in [-0.4, -0.2) is 79.8 Å². The average Bonchev–Trinajstić information content (AvgIpc) is 3.42. The second-order valence-corrected chi connectivity index (χ2v) is 7.77. The van der Waals surface area contributed by atoms with Crippen LogP contribution >= 0.6 is 24.0 Å². The van der Waals surface area contributed by atoms with E-state index >= 15 is 0 Å². The van der Waals surface area contributed by atoms with E-state index in [0.717, 1.165) is 56.3 Å². The highest BCUT2D eigenvalue weighted by atomic mass is 127. The van der Waals surface area contributed by atoms with Crippen LogP contribution in [0.3, 0.4) is 0 Å². The van der Waals surface area contributed by atoms with Crippen molar-refractivity contribution < 1.29 is 5.11 Å². The molecule has 2 aliphatic heterocycles. The molecule has 0 radical (unpaired) electrons. The maximum Gasteiger partial charge on any atom is 0.193 e. The first-order chi connectivity index (χ1) is 12.7. The van der Waals surface area contributed by atoms with Crippen LogP contribution in [0.5, 0.6) is 5.75 Å². The number of aliphatic imine (C=N–C) groups is 1. The second-order valence-electron chi connectivity index (χ2n) is 7.77. The average molecular weight is 485 g/mol. The Morgan fingerprint density at radius 3 is 2.52 bits per heavy atom. The highest BCUT2D eigenvalue weighted by molar-refractivity contribution is 14.0. The Bertz CT molecular complexity index is 643. The maximum atomic E-state index is 10.1. The van der Waals surface area contributed by atoms with Gasteiger partial charge < -0.3 is 25.1 Å². The van der Waals surface area contributed by atoms with Gasteiger partial charge in [-0.1, -0.05) is 12.1 Å². The molecule has 0 amide bonds. The lowest BCUT2D eigenvalue weighted by atomic mass is 10.1. The largest absolute Gasteiger partial charge is 0.506 e. The molecule has 0 aromatic heterocycles. The fraction of sp³-hybridized carbons (Fsp3) is 0.650. The molecule has 6 nitrogen and oxygen atoms in total. The molecule has 3 fully saturated rings. The number of para-hydroxylation sites is 2. The molecule has 2 heterocycles. The molecule has 1 aromatic rings. The highest BCUT2D eigenvalue weighted by Gasteiger charge is 2.34. The van der Waals surface area contributed by atoms with E-state index in [2.05, 4.69) is 25.0 Å². The van der Waals surface area contributed by atoms with Crippen molar-refractivity contribution in [3.05, 3.63) is 24.3 Å². The first-order valence-electron chi connectivity index (χ1n) is 9.97. The van der Waals surface area contributed by atoms with E-state index in [-0.39, 0.29) is 24.0 Å². The molecular weight excluding hydrogens is 453 g/mol. The van der Waals surface area contributed by atoms with Crippen molar-refractivity contribution >= 4 is 35.6 Å². The molecule has 1 unspecified atom stereocenters. The number of guanidine groups is 1. The molecule has 0 spiro atoms. The summed E-state index contributed by atoms with van der Waals surface area (Å²) in [6.07, 6.45) is 4.12. The number of benzene rings is 1. The van der Waals surface area contributed by atoms with E-state index < -0.39 is 0 Å². The molecule has 27 heavy (non-hydrogen) atoms. The molecule has 3 aliphatic rings. The van der Waals surface area contributed by atoms with Crippen LogP contribution in [0.25, 0.3) is 0 Å². The lowest BCUT2D eigenvalue weighted by molar-refractivity contribution is 0.312. The maximum absolute atomic E-state index is 10.1. The number of rotatable bonds is 4. The van der Waals surface area contributed by atoms with E-state index in [1.165, 1.54) is 32.4 Å². The number of piperazine rings is 1. The number of hydrogen-bond donors (Lipinski definition) is 2. The number of anilines is 1. The number of hydrogen-bond acceptors (Lipinski definition) is 4. The fourth-order valence-corrected chi connectivity index (χ4v) is 4.26. The Hall–Kier alpha value is -1.22. The van der Waals surface area contributed by atoms with Crippen molar-refractivity contribution in [2.24, 2.45) is 10.9 Å². The molecule has 1 saturated carbocycles. The van der Waals surface area contributed by atoms with Gasteiger partial charge in [0.25, 0.3) is 0 Å². The summed E-state index contributed by atoms with van der Waals surface area (Å²) >= 11 is 0. The third-order valence-electron chi connectivity index (χ3n) is 5.94. The summed E-state index contributed by atoms with van der Waals surface area (Å²) in [5.41, 5.74) is 0.932. The zero-order chi connectivity index (χ0) is 17.9. The summed E-state index contributed by atoms with van der Waals surface area (Å²) in [6, 6.07) is 8.49. The monoisotopic (exact) mass is 485 g/mol. The Morgan fingerprint density at radius 1 is 1.11 bits per heavy atom. The summed E-state index contributed by atoms with van der Waals surface area (Å²) in [5, 5.41) is 13.7. The number of likely N-dealkylation sites (tertiary alicyclic amines) is 1. The minimum Gasteiger partial charge on any atom is -0.506 e. The summed E-state index contributed by atoms with van der Waals surface area (Å²) in [4.78, 5) is 11.8. The number of halogens is 1. The number of nitrogens with one attached hydrogen (secondary N) is 1. The van der Waals surface area contributed by atoms with Crippen molar-refractivity contribution in [1.82, 2.24) is 15.1 Å². The standard InChI is InChI=1S/C20H31N5O.HI/c1-21-20(22-14-16-8-9-25(15-16)17-6-7-17)24-12-10-23(11-13-24)18-4-2-3-5-19(18)26;/h2-5,16-17,26H,6-15H2,1H3,(H,21,22);1H.